The van der Waals surface area contributed by atoms with E-state index in [1.54, 1.807) is 11.4 Å². The maximum Gasteiger partial charge on any atom is 0.338 e. The van der Waals surface area contributed by atoms with Crippen LogP contribution in [0.3, 0.4) is 0 Å². The number of hydrogen-bond donors (Lipinski definition) is 0. The molecule has 0 N–H and O–H groups in total. The molecule has 3 nitrogen and oxygen atoms in total. The van der Waals surface area contributed by atoms with Crippen LogP contribution in [0, 0.1) is 5.92 Å². The lowest BCUT2D eigenvalue weighted by Crippen LogP contribution is -2.16. The Balaban J connectivity index is 2.08. The van der Waals surface area contributed by atoms with E-state index >= 15 is 0 Å². The summed E-state index contributed by atoms with van der Waals surface area (Å²) >= 11 is 1.34. The zero-order valence-electron chi connectivity index (χ0n) is 9.90. The molecule has 4 heteroatoms. The van der Waals surface area contributed by atoms with Gasteiger partial charge in [-0.25, -0.2) is 4.79 Å². The van der Waals surface area contributed by atoms with E-state index in [0.29, 0.717) is 10.4 Å². The number of rotatable bonds is 3. The molecule has 0 aromatic carbocycles. The molecule has 1 aromatic heterocycles. The molecule has 0 spiro atoms. The van der Waals surface area contributed by atoms with Gasteiger partial charge in [0.15, 0.2) is 5.78 Å². The van der Waals surface area contributed by atoms with Crippen molar-refractivity contribution in [2.45, 2.75) is 32.1 Å². The molecule has 0 saturated heterocycles. The number of ketones is 1. The van der Waals surface area contributed by atoms with Crippen LogP contribution in [-0.2, 0) is 4.74 Å². The van der Waals surface area contributed by atoms with Crippen molar-refractivity contribution in [3.8, 4) is 0 Å². The van der Waals surface area contributed by atoms with Gasteiger partial charge in [0.2, 0.25) is 0 Å². The first-order chi connectivity index (χ1) is 8.22. The van der Waals surface area contributed by atoms with Gasteiger partial charge in [-0.3, -0.25) is 4.79 Å². The van der Waals surface area contributed by atoms with Crippen molar-refractivity contribution in [2.24, 2.45) is 5.92 Å². The number of ether oxygens (including phenoxy) is 1. The Labute approximate surface area is 105 Å². The minimum absolute atomic E-state index is 0.160. The molecular weight excluding hydrogens is 236 g/mol. The highest BCUT2D eigenvalue weighted by Crippen LogP contribution is 2.29. The average molecular weight is 252 g/mol. The molecule has 0 aliphatic heterocycles. The largest absolute Gasteiger partial charge is 0.465 e. The van der Waals surface area contributed by atoms with Crippen molar-refractivity contribution >= 4 is 23.1 Å². The number of hydrogen-bond acceptors (Lipinski definition) is 4. The Morgan fingerprint density at radius 2 is 2.00 bits per heavy atom. The molecule has 1 saturated carbocycles. The van der Waals surface area contributed by atoms with Crippen LogP contribution in [0.1, 0.15) is 52.1 Å². The lowest BCUT2D eigenvalue weighted by molar-refractivity contribution is 0.0601. The Morgan fingerprint density at radius 1 is 1.29 bits per heavy atom. The van der Waals surface area contributed by atoms with Crippen molar-refractivity contribution in [1.82, 2.24) is 0 Å². The van der Waals surface area contributed by atoms with Crippen molar-refractivity contribution in [1.29, 1.82) is 0 Å². The molecule has 1 aliphatic rings. The second-order valence-electron chi connectivity index (χ2n) is 4.39. The summed E-state index contributed by atoms with van der Waals surface area (Å²) in [6, 6.07) is 1.66. The summed E-state index contributed by atoms with van der Waals surface area (Å²) in [5.74, 6) is -0.0123. The van der Waals surface area contributed by atoms with Gasteiger partial charge in [-0.15, -0.1) is 11.3 Å². The van der Waals surface area contributed by atoms with Gasteiger partial charge in [0.1, 0.15) is 0 Å². The maximum absolute atomic E-state index is 12.2. The summed E-state index contributed by atoms with van der Waals surface area (Å²) in [7, 11) is 1.35. The summed E-state index contributed by atoms with van der Waals surface area (Å²) in [5.41, 5.74) is 0.483. The third kappa shape index (κ3) is 2.75. The molecule has 1 aliphatic carbocycles. The highest BCUT2D eigenvalue weighted by Gasteiger charge is 2.24. The van der Waals surface area contributed by atoms with E-state index in [-0.39, 0.29) is 17.7 Å². The SMILES string of the molecule is COC(=O)c1csc(C(=O)C2CCCCC2)c1. The molecule has 1 heterocycles. The predicted octanol–water partition coefficient (Wildman–Crippen LogP) is 3.30. The third-order valence-electron chi connectivity index (χ3n) is 3.24. The molecule has 0 atom stereocenters. The minimum Gasteiger partial charge on any atom is -0.465 e. The fraction of sp³-hybridized carbons (Fsp3) is 0.538. The average Bonchev–Trinajstić information content (AvgIpc) is 2.87. The van der Waals surface area contributed by atoms with Crippen molar-refractivity contribution in [3.05, 3.63) is 21.9 Å². The number of carbonyl (C=O) groups is 2. The van der Waals surface area contributed by atoms with E-state index in [2.05, 4.69) is 4.74 Å². The number of esters is 1. The Bertz CT molecular complexity index is 416. The first-order valence-corrected chi connectivity index (χ1v) is 6.81. The molecule has 1 aromatic rings. The lowest BCUT2D eigenvalue weighted by Gasteiger charge is -2.19. The van der Waals surface area contributed by atoms with Crippen LogP contribution in [0.4, 0.5) is 0 Å². The second kappa shape index (κ2) is 5.45. The monoisotopic (exact) mass is 252 g/mol. The zero-order valence-corrected chi connectivity index (χ0v) is 10.7. The summed E-state index contributed by atoms with van der Waals surface area (Å²) in [6.45, 7) is 0. The summed E-state index contributed by atoms with van der Waals surface area (Å²) in [6.07, 6.45) is 5.51. The fourth-order valence-electron chi connectivity index (χ4n) is 2.26. The number of thiophene rings is 1. The predicted molar refractivity (Wildman–Crippen MR) is 66.6 cm³/mol. The van der Waals surface area contributed by atoms with Gasteiger partial charge in [-0.05, 0) is 18.9 Å². The minimum atomic E-state index is -0.371. The van der Waals surface area contributed by atoms with E-state index < -0.39 is 0 Å². The summed E-state index contributed by atoms with van der Waals surface area (Å²) in [4.78, 5) is 24.2. The molecule has 2 rings (SSSR count). The Kier molecular flexibility index (Phi) is 3.94. The van der Waals surface area contributed by atoms with Crippen LogP contribution in [0.2, 0.25) is 0 Å². The van der Waals surface area contributed by atoms with Crippen molar-refractivity contribution < 1.29 is 14.3 Å². The van der Waals surface area contributed by atoms with Gasteiger partial charge in [-0.2, -0.15) is 0 Å². The standard InChI is InChI=1S/C13H16O3S/c1-16-13(15)10-7-11(17-8-10)12(14)9-5-3-2-4-6-9/h7-9H,2-6H2,1H3. The zero-order chi connectivity index (χ0) is 12.3. The smallest absolute Gasteiger partial charge is 0.338 e. The van der Waals surface area contributed by atoms with Crippen LogP contribution in [0.5, 0.6) is 0 Å². The Hall–Kier alpha value is -1.16. The van der Waals surface area contributed by atoms with Crippen LogP contribution in [-0.4, -0.2) is 18.9 Å². The van der Waals surface area contributed by atoms with E-state index in [1.807, 2.05) is 0 Å². The topological polar surface area (TPSA) is 43.4 Å². The molecule has 17 heavy (non-hydrogen) atoms. The number of Topliss-reactive ketones (excluding diaryl/α,β-unsaturated/α-hetero) is 1. The normalized spacial score (nSPS) is 16.8. The van der Waals surface area contributed by atoms with Crippen LogP contribution in [0.25, 0.3) is 0 Å². The van der Waals surface area contributed by atoms with Crippen LogP contribution >= 0.6 is 11.3 Å². The molecule has 0 unspecified atom stereocenters. The van der Waals surface area contributed by atoms with E-state index in [1.165, 1.54) is 24.9 Å². The van der Waals surface area contributed by atoms with Gasteiger partial charge < -0.3 is 4.74 Å². The van der Waals surface area contributed by atoms with E-state index in [4.69, 9.17) is 0 Å². The third-order valence-corrected chi connectivity index (χ3v) is 4.18. The first-order valence-electron chi connectivity index (χ1n) is 5.93. The molecule has 0 bridgehead atoms. The number of methoxy groups -OCH3 is 1. The van der Waals surface area contributed by atoms with Gasteiger partial charge in [-0.1, -0.05) is 19.3 Å². The fourth-order valence-corrected chi connectivity index (χ4v) is 3.15. The van der Waals surface area contributed by atoms with E-state index in [0.717, 1.165) is 25.7 Å². The summed E-state index contributed by atoms with van der Waals surface area (Å²) < 4.78 is 4.63. The van der Waals surface area contributed by atoms with Crippen LogP contribution < -0.4 is 0 Å². The Morgan fingerprint density at radius 3 is 2.65 bits per heavy atom. The molecular formula is C13H16O3S. The lowest BCUT2D eigenvalue weighted by atomic mass is 9.86. The van der Waals surface area contributed by atoms with Gasteiger partial charge in [0.25, 0.3) is 0 Å². The maximum atomic E-state index is 12.2. The second-order valence-corrected chi connectivity index (χ2v) is 5.30. The molecule has 92 valence electrons. The van der Waals surface area contributed by atoms with Crippen molar-refractivity contribution in [2.75, 3.05) is 7.11 Å². The quantitative estimate of drug-likeness (QED) is 0.612. The molecule has 0 radical (unpaired) electrons. The van der Waals surface area contributed by atoms with Gasteiger partial charge in [0.05, 0.1) is 17.6 Å². The highest BCUT2D eigenvalue weighted by molar-refractivity contribution is 7.12. The molecule has 1 fully saturated rings. The van der Waals surface area contributed by atoms with E-state index in [9.17, 15) is 9.59 Å². The van der Waals surface area contributed by atoms with Crippen molar-refractivity contribution in [3.63, 3.8) is 0 Å². The van der Waals surface area contributed by atoms with Gasteiger partial charge >= 0.3 is 5.97 Å². The summed E-state index contributed by atoms with van der Waals surface area (Å²) in [5, 5.41) is 1.70. The van der Waals surface area contributed by atoms with Crippen LogP contribution in [0.15, 0.2) is 11.4 Å². The molecule has 0 amide bonds. The highest BCUT2D eigenvalue weighted by atomic mass is 32.1. The first kappa shape index (κ1) is 12.3. The number of carbonyl (C=O) groups excluding carboxylic acids is 2. The van der Waals surface area contributed by atoms with Gasteiger partial charge in [0, 0.05) is 11.3 Å².